The largest absolute Gasteiger partial charge is 0.481 e. The van der Waals surface area contributed by atoms with Gasteiger partial charge in [-0.25, -0.2) is 0 Å². The summed E-state index contributed by atoms with van der Waals surface area (Å²) in [5.74, 6) is -0.262. The fourth-order valence-corrected chi connectivity index (χ4v) is 4.37. The van der Waals surface area contributed by atoms with Gasteiger partial charge in [0.25, 0.3) is 5.91 Å². The Hall–Kier alpha value is -3.36. The Bertz CT molecular complexity index is 955. The van der Waals surface area contributed by atoms with Crippen LogP contribution in [-0.4, -0.2) is 40.1 Å². The number of nitrogens with two attached hydrogens (primary N) is 2. The average molecular weight is 411 g/mol. The molecule has 1 fully saturated rings. The van der Waals surface area contributed by atoms with Gasteiger partial charge >= 0.3 is 5.97 Å². The highest BCUT2D eigenvalue weighted by molar-refractivity contribution is 6.10. The third kappa shape index (κ3) is 4.00. The number of hydrogen-bond donors (Lipinski definition) is 3. The molecule has 9 heteroatoms. The van der Waals surface area contributed by atoms with Crippen LogP contribution in [0.4, 0.5) is 17.5 Å². The van der Waals surface area contributed by atoms with Gasteiger partial charge in [-0.3, -0.25) is 9.59 Å². The van der Waals surface area contributed by atoms with Gasteiger partial charge in [0, 0.05) is 12.1 Å². The van der Waals surface area contributed by atoms with Crippen LogP contribution in [0.3, 0.4) is 0 Å². The topological polar surface area (TPSA) is 145 Å². The SMILES string of the molecule is Nc1nc(N)c2c(n1)OCCN(c1ccc(C3CCC(CC(=O)O)CC3)cc1)C2=O. The fourth-order valence-electron chi connectivity index (χ4n) is 4.37. The zero-order valence-corrected chi connectivity index (χ0v) is 16.6. The number of aliphatic carboxylic acids is 1. The number of aromatic nitrogens is 2. The van der Waals surface area contributed by atoms with Crippen LogP contribution in [0.15, 0.2) is 24.3 Å². The molecule has 0 unspecified atom stereocenters. The number of carboxylic acids is 1. The van der Waals surface area contributed by atoms with Crippen molar-refractivity contribution in [1.29, 1.82) is 0 Å². The van der Waals surface area contributed by atoms with Crippen molar-refractivity contribution in [2.75, 3.05) is 29.5 Å². The Morgan fingerprint density at radius 1 is 1.13 bits per heavy atom. The summed E-state index contributed by atoms with van der Waals surface area (Å²) in [6.45, 7) is 0.623. The molecule has 1 amide bonds. The Labute approximate surface area is 174 Å². The summed E-state index contributed by atoms with van der Waals surface area (Å²) in [5.41, 5.74) is 13.6. The Kier molecular flexibility index (Phi) is 5.43. The number of ether oxygens (including phenoxy) is 1. The Balaban J connectivity index is 1.49. The highest BCUT2D eigenvalue weighted by Gasteiger charge is 2.30. The second kappa shape index (κ2) is 8.17. The molecule has 0 radical (unpaired) electrons. The van der Waals surface area contributed by atoms with Gasteiger partial charge in [0.05, 0.1) is 6.54 Å². The van der Waals surface area contributed by atoms with E-state index in [0.717, 1.165) is 31.4 Å². The smallest absolute Gasteiger partial charge is 0.303 e. The predicted octanol–water partition coefficient (Wildman–Crippen LogP) is 2.43. The summed E-state index contributed by atoms with van der Waals surface area (Å²) in [5, 5.41) is 8.97. The minimum atomic E-state index is -0.718. The molecule has 5 N–H and O–H groups in total. The molecule has 0 spiro atoms. The number of rotatable bonds is 4. The number of benzene rings is 1. The summed E-state index contributed by atoms with van der Waals surface area (Å²) in [6.07, 6.45) is 4.08. The van der Waals surface area contributed by atoms with E-state index < -0.39 is 5.97 Å². The molecule has 1 aromatic carbocycles. The van der Waals surface area contributed by atoms with E-state index in [2.05, 4.69) is 9.97 Å². The lowest BCUT2D eigenvalue weighted by Gasteiger charge is -2.28. The maximum Gasteiger partial charge on any atom is 0.303 e. The van der Waals surface area contributed by atoms with E-state index in [4.69, 9.17) is 21.3 Å². The third-order valence-electron chi connectivity index (χ3n) is 5.92. The van der Waals surface area contributed by atoms with E-state index in [9.17, 15) is 9.59 Å². The molecule has 2 heterocycles. The Morgan fingerprint density at radius 2 is 1.83 bits per heavy atom. The number of nitrogens with zero attached hydrogens (tertiary/aromatic N) is 3. The minimum absolute atomic E-state index is 0.00383. The van der Waals surface area contributed by atoms with Crippen LogP contribution in [-0.2, 0) is 4.79 Å². The molecule has 0 atom stereocenters. The number of carboxylic acid groups (broad SMARTS) is 1. The first kappa shape index (κ1) is 19.9. The molecule has 2 aromatic rings. The third-order valence-corrected chi connectivity index (χ3v) is 5.92. The lowest BCUT2D eigenvalue weighted by molar-refractivity contribution is -0.138. The van der Waals surface area contributed by atoms with Gasteiger partial charge < -0.3 is 26.2 Å². The molecule has 2 aliphatic rings. The fraction of sp³-hybridized carbons (Fsp3) is 0.429. The summed E-state index contributed by atoms with van der Waals surface area (Å²) >= 11 is 0. The van der Waals surface area contributed by atoms with Crippen molar-refractivity contribution in [3.05, 3.63) is 35.4 Å². The zero-order chi connectivity index (χ0) is 21.3. The molecule has 9 nitrogen and oxygen atoms in total. The lowest BCUT2D eigenvalue weighted by atomic mass is 9.77. The highest BCUT2D eigenvalue weighted by Crippen LogP contribution is 2.38. The van der Waals surface area contributed by atoms with Crippen LogP contribution in [0.2, 0.25) is 0 Å². The molecular weight excluding hydrogens is 386 g/mol. The number of nitrogen functional groups attached to an aromatic ring is 2. The predicted molar refractivity (Wildman–Crippen MR) is 111 cm³/mol. The molecule has 0 bridgehead atoms. The van der Waals surface area contributed by atoms with Gasteiger partial charge in [-0.2, -0.15) is 9.97 Å². The molecule has 158 valence electrons. The maximum absolute atomic E-state index is 13.1. The number of hydrogen-bond acceptors (Lipinski definition) is 7. The number of anilines is 3. The van der Waals surface area contributed by atoms with E-state index >= 15 is 0 Å². The summed E-state index contributed by atoms with van der Waals surface area (Å²) < 4.78 is 5.57. The quantitative estimate of drug-likeness (QED) is 0.695. The number of carbonyl (C=O) groups is 2. The Morgan fingerprint density at radius 3 is 2.50 bits per heavy atom. The number of fused-ring (bicyclic) bond motifs is 1. The highest BCUT2D eigenvalue weighted by atomic mass is 16.5. The van der Waals surface area contributed by atoms with Crippen LogP contribution in [0.1, 0.15) is 53.9 Å². The van der Waals surface area contributed by atoms with Gasteiger partial charge in [-0.1, -0.05) is 12.1 Å². The standard InChI is InChI=1S/C21H25N5O4/c22-18-17-19(25-21(23)24-18)30-10-9-26(20(17)29)15-7-5-14(6-8-15)13-3-1-12(2-4-13)11-16(27)28/h5-8,12-13H,1-4,9-11H2,(H,27,28)(H4,22,23,24,25). The first-order valence-corrected chi connectivity index (χ1v) is 10.1. The molecule has 1 saturated carbocycles. The summed E-state index contributed by atoms with van der Waals surface area (Å²) in [7, 11) is 0. The lowest BCUT2D eigenvalue weighted by Crippen LogP contribution is -2.32. The number of amides is 1. The minimum Gasteiger partial charge on any atom is -0.481 e. The van der Waals surface area contributed by atoms with E-state index in [0.29, 0.717) is 12.5 Å². The van der Waals surface area contributed by atoms with E-state index in [1.165, 1.54) is 5.56 Å². The molecule has 4 rings (SSSR count). The molecular formula is C21H25N5O4. The average Bonchev–Trinajstić information content (AvgIpc) is 2.87. The van der Waals surface area contributed by atoms with Crippen molar-refractivity contribution in [2.45, 2.75) is 38.0 Å². The number of carbonyl (C=O) groups excluding carboxylic acids is 1. The summed E-state index contributed by atoms with van der Waals surface area (Å²) in [4.78, 5) is 33.5. The molecule has 1 aliphatic carbocycles. The van der Waals surface area contributed by atoms with Gasteiger partial charge in [-0.05, 0) is 55.2 Å². The van der Waals surface area contributed by atoms with E-state index in [1.807, 2.05) is 24.3 Å². The molecule has 1 aliphatic heterocycles. The van der Waals surface area contributed by atoms with Crippen molar-refractivity contribution < 1.29 is 19.4 Å². The first-order valence-electron chi connectivity index (χ1n) is 10.1. The van der Waals surface area contributed by atoms with Gasteiger partial charge in [0.1, 0.15) is 18.0 Å². The van der Waals surface area contributed by atoms with E-state index in [1.54, 1.807) is 4.90 Å². The molecule has 0 saturated heterocycles. The van der Waals surface area contributed by atoms with Crippen molar-refractivity contribution >= 4 is 29.3 Å². The van der Waals surface area contributed by atoms with Gasteiger partial charge in [0.2, 0.25) is 11.8 Å². The van der Waals surface area contributed by atoms with Crippen LogP contribution >= 0.6 is 0 Å². The second-order valence-corrected chi connectivity index (χ2v) is 7.86. The molecule has 1 aromatic heterocycles. The zero-order valence-electron chi connectivity index (χ0n) is 16.6. The van der Waals surface area contributed by atoms with Crippen LogP contribution in [0, 0.1) is 5.92 Å². The van der Waals surface area contributed by atoms with Crippen LogP contribution in [0.25, 0.3) is 0 Å². The van der Waals surface area contributed by atoms with E-state index in [-0.39, 0.29) is 48.1 Å². The van der Waals surface area contributed by atoms with Gasteiger partial charge in [0.15, 0.2) is 0 Å². The van der Waals surface area contributed by atoms with Crippen molar-refractivity contribution in [3.63, 3.8) is 0 Å². The van der Waals surface area contributed by atoms with Crippen LogP contribution in [0.5, 0.6) is 5.88 Å². The first-order chi connectivity index (χ1) is 14.4. The van der Waals surface area contributed by atoms with Crippen LogP contribution < -0.4 is 21.1 Å². The maximum atomic E-state index is 13.1. The second-order valence-electron chi connectivity index (χ2n) is 7.86. The van der Waals surface area contributed by atoms with Crippen molar-refractivity contribution in [1.82, 2.24) is 9.97 Å². The normalized spacial score (nSPS) is 21.5. The van der Waals surface area contributed by atoms with Crippen molar-refractivity contribution in [3.8, 4) is 5.88 Å². The summed E-state index contributed by atoms with van der Waals surface area (Å²) in [6, 6.07) is 7.94. The monoisotopic (exact) mass is 411 g/mol. The van der Waals surface area contributed by atoms with Gasteiger partial charge in [-0.15, -0.1) is 0 Å². The van der Waals surface area contributed by atoms with Crippen molar-refractivity contribution in [2.24, 2.45) is 5.92 Å². The molecule has 30 heavy (non-hydrogen) atoms.